The largest absolute Gasteiger partial charge is 0.264 e. The quantitative estimate of drug-likeness (QED) is 0.744. The maximum atomic E-state index is 8.67. The van der Waals surface area contributed by atoms with E-state index in [1.807, 2.05) is 18.2 Å². The van der Waals surface area contributed by atoms with E-state index in [4.69, 9.17) is 16.9 Å². The topological polar surface area (TPSA) is 49.6 Å². The summed E-state index contributed by atoms with van der Waals surface area (Å²) in [5, 5.41) is 9.39. The minimum absolute atomic E-state index is 0.274. The number of hydrogen-bond acceptors (Lipinski definition) is 4. The highest BCUT2D eigenvalue weighted by molar-refractivity contribution is 7.19. The highest BCUT2D eigenvalue weighted by atomic mass is 35.5. The lowest BCUT2D eigenvalue weighted by molar-refractivity contribution is 1.29. The number of hydrogen-bond donors (Lipinski definition) is 0. The van der Waals surface area contributed by atoms with Crippen molar-refractivity contribution in [1.82, 2.24) is 9.97 Å². The zero-order chi connectivity index (χ0) is 9.97. The SMILES string of the molecule is N#Cc1nc(-c2cccnc2)sc1Cl. The van der Waals surface area contributed by atoms with E-state index in [1.165, 1.54) is 11.3 Å². The lowest BCUT2D eigenvalue weighted by Gasteiger charge is -1.91. The Morgan fingerprint density at radius 1 is 1.50 bits per heavy atom. The third-order valence-corrected chi connectivity index (χ3v) is 2.90. The van der Waals surface area contributed by atoms with Crippen molar-refractivity contribution in [3.05, 3.63) is 34.6 Å². The molecule has 0 amide bonds. The molecule has 0 atom stereocenters. The maximum absolute atomic E-state index is 8.67. The summed E-state index contributed by atoms with van der Waals surface area (Å²) in [6, 6.07) is 5.63. The molecule has 0 radical (unpaired) electrons. The molecule has 14 heavy (non-hydrogen) atoms. The molecule has 0 aliphatic heterocycles. The van der Waals surface area contributed by atoms with Crippen LogP contribution in [-0.2, 0) is 0 Å². The van der Waals surface area contributed by atoms with Crippen LogP contribution in [0.1, 0.15) is 5.69 Å². The normalized spacial score (nSPS) is 9.71. The van der Waals surface area contributed by atoms with Gasteiger partial charge in [0.25, 0.3) is 0 Å². The lowest BCUT2D eigenvalue weighted by atomic mass is 10.3. The molecular weight excluding hydrogens is 218 g/mol. The fourth-order valence-corrected chi connectivity index (χ4v) is 2.02. The minimum atomic E-state index is 0.274. The van der Waals surface area contributed by atoms with Crippen molar-refractivity contribution in [2.45, 2.75) is 0 Å². The van der Waals surface area contributed by atoms with Crippen molar-refractivity contribution in [3.63, 3.8) is 0 Å². The molecule has 0 unspecified atom stereocenters. The standard InChI is InChI=1S/C9H4ClN3S/c10-8-7(4-11)13-9(14-8)6-2-1-3-12-5-6/h1-3,5H. The number of aromatic nitrogens is 2. The monoisotopic (exact) mass is 221 g/mol. The molecule has 0 aromatic carbocycles. The molecule has 0 fully saturated rings. The molecule has 0 aliphatic rings. The fourth-order valence-electron chi connectivity index (χ4n) is 0.983. The van der Waals surface area contributed by atoms with Crippen molar-refractivity contribution in [1.29, 1.82) is 5.26 Å². The second kappa shape index (κ2) is 3.74. The first-order valence-electron chi connectivity index (χ1n) is 3.78. The summed E-state index contributed by atoms with van der Waals surface area (Å²) in [4.78, 5) is 8.05. The van der Waals surface area contributed by atoms with Gasteiger partial charge in [-0.25, -0.2) is 4.98 Å². The molecule has 0 bridgehead atoms. The first-order valence-corrected chi connectivity index (χ1v) is 4.97. The van der Waals surface area contributed by atoms with Gasteiger partial charge in [0, 0.05) is 18.0 Å². The average Bonchev–Trinajstić information content (AvgIpc) is 2.61. The predicted molar refractivity (Wildman–Crippen MR) is 55.1 cm³/mol. The summed E-state index contributed by atoms with van der Waals surface area (Å²) in [5.41, 5.74) is 1.15. The molecule has 2 aromatic heterocycles. The molecule has 0 N–H and O–H groups in total. The summed E-state index contributed by atoms with van der Waals surface area (Å²) in [7, 11) is 0. The van der Waals surface area contributed by atoms with E-state index in [0.717, 1.165) is 10.6 Å². The van der Waals surface area contributed by atoms with Gasteiger partial charge < -0.3 is 0 Å². The van der Waals surface area contributed by atoms with Crippen LogP contribution in [0.2, 0.25) is 4.34 Å². The van der Waals surface area contributed by atoms with Gasteiger partial charge in [0.05, 0.1) is 0 Å². The highest BCUT2D eigenvalue weighted by Gasteiger charge is 2.09. The van der Waals surface area contributed by atoms with Crippen molar-refractivity contribution in [3.8, 4) is 16.6 Å². The van der Waals surface area contributed by atoms with Crippen LogP contribution in [0.3, 0.4) is 0 Å². The van der Waals surface area contributed by atoms with Crippen LogP contribution >= 0.6 is 22.9 Å². The molecule has 3 nitrogen and oxygen atoms in total. The Hall–Kier alpha value is -1.44. The molecule has 0 spiro atoms. The van der Waals surface area contributed by atoms with E-state index in [1.54, 1.807) is 12.4 Å². The van der Waals surface area contributed by atoms with Crippen LogP contribution in [0.15, 0.2) is 24.5 Å². The average molecular weight is 222 g/mol. The Labute approximate surface area is 89.6 Å². The lowest BCUT2D eigenvalue weighted by Crippen LogP contribution is -1.78. The smallest absolute Gasteiger partial charge is 0.170 e. The Morgan fingerprint density at radius 2 is 2.36 bits per heavy atom. The number of nitriles is 1. The van der Waals surface area contributed by atoms with Crippen molar-refractivity contribution < 1.29 is 0 Å². The number of thiazole rings is 1. The summed E-state index contributed by atoms with van der Waals surface area (Å²) in [5.74, 6) is 0. The summed E-state index contributed by atoms with van der Waals surface area (Å²) >= 11 is 7.09. The summed E-state index contributed by atoms with van der Waals surface area (Å²) in [6.07, 6.45) is 3.38. The van der Waals surface area contributed by atoms with Crippen LogP contribution in [0.4, 0.5) is 0 Å². The molecule has 2 aromatic rings. The number of nitrogens with zero attached hydrogens (tertiary/aromatic N) is 3. The maximum Gasteiger partial charge on any atom is 0.170 e. The zero-order valence-corrected chi connectivity index (χ0v) is 8.51. The van der Waals surface area contributed by atoms with Crippen molar-refractivity contribution in [2.24, 2.45) is 0 Å². The van der Waals surface area contributed by atoms with E-state index in [0.29, 0.717) is 4.34 Å². The number of halogens is 1. The Morgan fingerprint density at radius 3 is 2.93 bits per heavy atom. The second-order valence-corrected chi connectivity index (χ2v) is 4.10. The third-order valence-electron chi connectivity index (χ3n) is 1.60. The molecule has 0 saturated heterocycles. The van der Waals surface area contributed by atoms with Crippen LogP contribution in [-0.4, -0.2) is 9.97 Å². The van der Waals surface area contributed by atoms with Gasteiger partial charge in [-0.1, -0.05) is 11.6 Å². The van der Waals surface area contributed by atoms with E-state index >= 15 is 0 Å². The van der Waals surface area contributed by atoms with E-state index in [9.17, 15) is 0 Å². The highest BCUT2D eigenvalue weighted by Crippen LogP contribution is 2.30. The number of pyridine rings is 1. The van der Waals surface area contributed by atoms with Crippen LogP contribution in [0, 0.1) is 11.3 Å². The molecule has 5 heteroatoms. The third kappa shape index (κ3) is 1.60. The van der Waals surface area contributed by atoms with E-state index < -0.39 is 0 Å². The van der Waals surface area contributed by atoms with Gasteiger partial charge in [-0.15, -0.1) is 11.3 Å². The Bertz CT molecular complexity index is 487. The van der Waals surface area contributed by atoms with Crippen molar-refractivity contribution in [2.75, 3.05) is 0 Å². The molecule has 2 heterocycles. The summed E-state index contributed by atoms with van der Waals surface area (Å²) < 4.78 is 0.423. The van der Waals surface area contributed by atoms with Gasteiger partial charge in [0.15, 0.2) is 5.69 Å². The molecule has 68 valence electrons. The van der Waals surface area contributed by atoms with Gasteiger partial charge in [-0.3, -0.25) is 4.98 Å². The minimum Gasteiger partial charge on any atom is -0.264 e. The first kappa shape index (κ1) is 9.13. The molecule has 2 rings (SSSR count). The predicted octanol–water partition coefficient (Wildman–Crippen LogP) is 2.73. The zero-order valence-electron chi connectivity index (χ0n) is 6.94. The van der Waals surface area contributed by atoms with Crippen molar-refractivity contribution >= 4 is 22.9 Å². The molecule has 0 saturated carbocycles. The number of rotatable bonds is 1. The van der Waals surface area contributed by atoms with E-state index in [2.05, 4.69) is 9.97 Å². The van der Waals surface area contributed by atoms with Gasteiger partial charge in [0.1, 0.15) is 15.4 Å². The van der Waals surface area contributed by atoms with Crippen LogP contribution in [0.25, 0.3) is 10.6 Å². The van der Waals surface area contributed by atoms with E-state index in [-0.39, 0.29) is 5.69 Å². The van der Waals surface area contributed by atoms with Gasteiger partial charge in [0.2, 0.25) is 0 Å². The van der Waals surface area contributed by atoms with Crippen LogP contribution < -0.4 is 0 Å². The summed E-state index contributed by atoms with van der Waals surface area (Å²) in [6.45, 7) is 0. The first-order chi connectivity index (χ1) is 6.81. The Kier molecular flexibility index (Phi) is 2.44. The van der Waals surface area contributed by atoms with Crippen LogP contribution in [0.5, 0.6) is 0 Å². The van der Waals surface area contributed by atoms with Gasteiger partial charge in [-0.05, 0) is 12.1 Å². The fraction of sp³-hybridized carbons (Fsp3) is 0. The molecular formula is C9H4ClN3S. The molecule has 0 aliphatic carbocycles. The Balaban J connectivity index is 2.50. The van der Waals surface area contributed by atoms with Gasteiger partial charge >= 0.3 is 0 Å². The second-order valence-electron chi connectivity index (χ2n) is 2.49. The van der Waals surface area contributed by atoms with Gasteiger partial charge in [-0.2, -0.15) is 5.26 Å².